The molecule has 0 radical (unpaired) electrons. The molecular weight excluding hydrogens is 522 g/mol. The van der Waals surface area contributed by atoms with Crippen LogP contribution in [0.25, 0.3) is 5.69 Å². The molecule has 2 aliphatic heterocycles. The average molecular weight is 555 g/mol. The molecule has 10 nitrogen and oxygen atoms in total. The van der Waals surface area contributed by atoms with Crippen LogP contribution >= 0.6 is 0 Å². The van der Waals surface area contributed by atoms with E-state index in [9.17, 15) is 18.4 Å². The maximum absolute atomic E-state index is 13.5. The van der Waals surface area contributed by atoms with E-state index in [1.807, 2.05) is 20.8 Å². The van der Waals surface area contributed by atoms with E-state index in [0.717, 1.165) is 24.6 Å². The number of anilines is 1. The number of amides is 2. The van der Waals surface area contributed by atoms with Crippen LogP contribution in [0.3, 0.4) is 0 Å². The second kappa shape index (κ2) is 10.8. The van der Waals surface area contributed by atoms with E-state index in [-0.39, 0.29) is 23.6 Å². The summed E-state index contributed by atoms with van der Waals surface area (Å²) in [7, 11) is 0. The van der Waals surface area contributed by atoms with Crippen LogP contribution in [0.1, 0.15) is 49.4 Å². The Labute approximate surface area is 230 Å². The van der Waals surface area contributed by atoms with Gasteiger partial charge in [-0.1, -0.05) is 0 Å². The number of carbonyl (C=O) groups is 2. The molecule has 1 aromatic heterocycles. The van der Waals surface area contributed by atoms with Gasteiger partial charge in [0.2, 0.25) is 0 Å². The molecule has 1 saturated heterocycles. The summed E-state index contributed by atoms with van der Waals surface area (Å²) in [6, 6.07) is 9.47. The molecule has 2 amide bonds. The minimum atomic E-state index is -0.742. The van der Waals surface area contributed by atoms with Crippen molar-refractivity contribution < 1.29 is 27.8 Å². The van der Waals surface area contributed by atoms with E-state index in [2.05, 4.69) is 10.2 Å². The van der Waals surface area contributed by atoms with Crippen molar-refractivity contribution >= 4 is 17.7 Å². The molecule has 1 atom stereocenters. The van der Waals surface area contributed by atoms with Crippen molar-refractivity contribution in [2.75, 3.05) is 38.0 Å². The molecule has 2 aliphatic rings. The van der Waals surface area contributed by atoms with Crippen LogP contribution in [-0.4, -0.2) is 69.9 Å². The topological polar surface area (TPSA) is 115 Å². The molecule has 1 fully saturated rings. The van der Waals surface area contributed by atoms with E-state index < -0.39 is 23.1 Å². The third kappa shape index (κ3) is 5.86. The summed E-state index contributed by atoms with van der Waals surface area (Å²) in [6.07, 6.45) is 0.444. The van der Waals surface area contributed by atoms with Crippen molar-refractivity contribution in [2.45, 2.75) is 38.8 Å². The van der Waals surface area contributed by atoms with Gasteiger partial charge >= 0.3 is 6.09 Å². The lowest BCUT2D eigenvalue weighted by Crippen LogP contribution is -2.51. The van der Waals surface area contributed by atoms with Crippen LogP contribution < -0.4 is 15.8 Å². The lowest BCUT2D eigenvalue weighted by molar-refractivity contribution is 0.00952. The number of benzene rings is 2. The number of piperazine rings is 1. The summed E-state index contributed by atoms with van der Waals surface area (Å²) in [4.78, 5) is 29.0. The normalized spacial score (nSPS) is 17.6. The van der Waals surface area contributed by atoms with Gasteiger partial charge < -0.3 is 25.4 Å². The fourth-order valence-corrected chi connectivity index (χ4v) is 5.00. The van der Waals surface area contributed by atoms with E-state index >= 15 is 0 Å². The number of rotatable bonds is 5. The average Bonchev–Trinajstić information content (AvgIpc) is 3.28. The second-order valence-electron chi connectivity index (χ2n) is 10.8. The summed E-state index contributed by atoms with van der Waals surface area (Å²) >= 11 is 0. The number of nitrogens with one attached hydrogen (secondary N) is 1. The van der Waals surface area contributed by atoms with Crippen LogP contribution in [0.15, 0.2) is 42.5 Å². The highest BCUT2D eigenvalue weighted by Gasteiger charge is 2.36. The first-order valence-electron chi connectivity index (χ1n) is 13.1. The maximum atomic E-state index is 13.5. The van der Waals surface area contributed by atoms with Gasteiger partial charge in [0, 0.05) is 50.9 Å². The smallest absolute Gasteiger partial charge is 0.410 e. The van der Waals surface area contributed by atoms with Crippen LogP contribution in [0, 0.1) is 11.6 Å². The van der Waals surface area contributed by atoms with Gasteiger partial charge in [0.15, 0.2) is 5.69 Å². The molecule has 212 valence electrons. The van der Waals surface area contributed by atoms with Crippen LogP contribution in [-0.2, 0) is 4.74 Å². The van der Waals surface area contributed by atoms with Gasteiger partial charge in [0.1, 0.15) is 34.4 Å². The molecule has 3 aromatic rings. The minimum Gasteiger partial charge on any atom is -0.457 e. The summed E-state index contributed by atoms with van der Waals surface area (Å²) in [5, 5.41) is 8.09. The van der Waals surface area contributed by atoms with E-state index in [1.165, 1.54) is 4.68 Å². The van der Waals surface area contributed by atoms with Gasteiger partial charge in [-0.2, -0.15) is 5.10 Å². The predicted molar refractivity (Wildman–Crippen MR) is 144 cm³/mol. The van der Waals surface area contributed by atoms with Gasteiger partial charge in [-0.25, -0.2) is 18.3 Å². The first-order valence-corrected chi connectivity index (χ1v) is 13.1. The van der Waals surface area contributed by atoms with Gasteiger partial charge in [0.05, 0.1) is 17.4 Å². The fourth-order valence-electron chi connectivity index (χ4n) is 5.00. The van der Waals surface area contributed by atoms with E-state index in [1.54, 1.807) is 29.2 Å². The monoisotopic (exact) mass is 554 g/mol. The molecule has 40 heavy (non-hydrogen) atoms. The highest BCUT2D eigenvalue weighted by Crippen LogP contribution is 2.37. The molecule has 0 saturated carbocycles. The van der Waals surface area contributed by atoms with Gasteiger partial charge in [-0.05, 0) is 51.5 Å². The van der Waals surface area contributed by atoms with Crippen molar-refractivity contribution in [1.82, 2.24) is 19.6 Å². The first-order chi connectivity index (χ1) is 19.0. The number of carbonyl (C=O) groups excluding carboxylic acids is 2. The van der Waals surface area contributed by atoms with Crippen LogP contribution in [0.5, 0.6) is 11.5 Å². The number of primary amides is 1. The zero-order chi connectivity index (χ0) is 28.6. The Balaban J connectivity index is 1.36. The van der Waals surface area contributed by atoms with Crippen molar-refractivity contribution in [3.63, 3.8) is 0 Å². The number of halogens is 2. The number of hydrogen-bond acceptors (Lipinski definition) is 7. The Morgan fingerprint density at radius 3 is 2.25 bits per heavy atom. The van der Waals surface area contributed by atoms with Crippen molar-refractivity contribution in [1.29, 1.82) is 0 Å². The standard InChI is InChI=1S/C28H32F2N6O4/c1-28(2,3)40-27(38)35-12-10-34(11-13-35)22-8-9-32-24-23(22)33-36(25(24)26(31)37)19-4-6-20(7-5-19)39-21-15-17(29)14-18(30)16-21/h4-7,14-16,22,32H,8-13H2,1-3H3,(H2,31,37). The van der Waals surface area contributed by atoms with Gasteiger partial charge in [-0.15, -0.1) is 0 Å². The van der Waals surface area contributed by atoms with Crippen molar-refractivity contribution in [3.8, 4) is 17.2 Å². The number of hydrogen-bond donors (Lipinski definition) is 2. The quantitative estimate of drug-likeness (QED) is 0.479. The Morgan fingerprint density at radius 2 is 1.65 bits per heavy atom. The largest absolute Gasteiger partial charge is 0.457 e. The number of fused-ring (bicyclic) bond motifs is 1. The van der Waals surface area contributed by atoms with Gasteiger partial charge in [0.25, 0.3) is 5.91 Å². The molecule has 2 aromatic carbocycles. The molecule has 0 spiro atoms. The highest BCUT2D eigenvalue weighted by molar-refractivity contribution is 5.98. The minimum absolute atomic E-state index is 0.0245. The lowest BCUT2D eigenvalue weighted by Gasteiger charge is -2.40. The van der Waals surface area contributed by atoms with Crippen LogP contribution in [0.2, 0.25) is 0 Å². The molecule has 0 bridgehead atoms. The maximum Gasteiger partial charge on any atom is 0.410 e. The second-order valence-corrected chi connectivity index (χ2v) is 10.8. The van der Waals surface area contributed by atoms with E-state index in [0.29, 0.717) is 55.5 Å². The zero-order valence-corrected chi connectivity index (χ0v) is 22.6. The number of nitrogens with zero attached hydrogens (tertiary/aromatic N) is 4. The number of aromatic nitrogens is 2. The Kier molecular flexibility index (Phi) is 7.37. The van der Waals surface area contributed by atoms with E-state index in [4.69, 9.17) is 20.3 Å². The SMILES string of the molecule is CC(C)(C)OC(=O)N1CCN(C2CCNc3c2nn(-c2ccc(Oc4cc(F)cc(F)c4)cc2)c3C(N)=O)CC1. The molecule has 12 heteroatoms. The Morgan fingerprint density at radius 1 is 1.00 bits per heavy atom. The molecule has 0 aliphatic carbocycles. The third-order valence-electron chi connectivity index (χ3n) is 6.74. The number of nitrogens with two attached hydrogens (primary N) is 1. The predicted octanol–water partition coefficient (Wildman–Crippen LogP) is 4.45. The first kappa shape index (κ1) is 27.4. The van der Waals surface area contributed by atoms with Crippen molar-refractivity contribution in [3.05, 3.63) is 65.5 Å². The molecular formula is C28H32F2N6O4. The summed E-state index contributed by atoms with van der Waals surface area (Å²) in [5.41, 5.74) is 7.34. The number of ether oxygens (including phenoxy) is 2. The zero-order valence-electron chi connectivity index (χ0n) is 22.6. The molecule has 5 rings (SSSR count). The Bertz CT molecular complexity index is 1390. The fraction of sp³-hybridized carbons (Fsp3) is 0.393. The van der Waals surface area contributed by atoms with Crippen molar-refractivity contribution in [2.24, 2.45) is 5.73 Å². The Hall–Kier alpha value is -4.19. The summed E-state index contributed by atoms with van der Waals surface area (Å²) < 4.78 is 39.6. The molecule has 1 unspecified atom stereocenters. The highest BCUT2D eigenvalue weighted by atomic mass is 19.1. The van der Waals surface area contributed by atoms with Crippen LogP contribution in [0.4, 0.5) is 19.3 Å². The summed E-state index contributed by atoms with van der Waals surface area (Å²) in [5.74, 6) is -1.74. The lowest BCUT2D eigenvalue weighted by atomic mass is 10.0. The molecule has 3 heterocycles. The third-order valence-corrected chi connectivity index (χ3v) is 6.74. The molecule has 3 N–H and O–H groups in total. The van der Waals surface area contributed by atoms with Gasteiger partial charge in [-0.3, -0.25) is 9.69 Å². The summed E-state index contributed by atoms with van der Waals surface area (Å²) in [6.45, 7) is 8.47.